The van der Waals surface area contributed by atoms with Crippen LogP contribution < -0.4 is 4.74 Å². The van der Waals surface area contributed by atoms with E-state index in [0.29, 0.717) is 29.3 Å². The number of benzene rings is 1. The van der Waals surface area contributed by atoms with Gasteiger partial charge in [0.15, 0.2) is 0 Å². The molecule has 0 saturated heterocycles. The summed E-state index contributed by atoms with van der Waals surface area (Å²) in [6, 6.07) is 4.34. The molecule has 0 aliphatic carbocycles. The molecule has 130 valence electrons. The highest BCUT2D eigenvalue weighted by molar-refractivity contribution is 8.04. The number of fused-ring (bicyclic) bond motifs is 1. The third-order valence-electron chi connectivity index (χ3n) is 4.39. The molecule has 3 rings (SSSR count). The highest BCUT2D eigenvalue weighted by Gasteiger charge is 2.41. The maximum atomic E-state index is 12.6. The minimum Gasteiger partial charge on any atom is -0.406 e. The number of carbonyl (C=O) groups excluding carboxylic acids is 1. The van der Waals surface area contributed by atoms with Crippen molar-refractivity contribution in [1.29, 1.82) is 0 Å². The SMILES string of the molecule is CCN1CC(C)(C)C2=C(Sc3cc(OC(F)(F)F)ccc3C2)C1=O. The van der Waals surface area contributed by atoms with Gasteiger partial charge in [0.1, 0.15) is 5.75 Å². The van der Waals surface area contributed by atoms with Crippen LogP contribution in [0.4, 0.5) is 13.2 Å². The summed E-state index contributed by atoms with van der Waals surface area (Å²) >= 11 is 1.25. The van der Waals surface area contributed by atoms with Gasteiger partial charge >= 0.3 is 6.36 Å². The number of thioether (sulfide) groups is 1. The fourth-order valence-corrected chi connectivity index (χ4v) is 4.53. The lowest BCUT2D eigenvalue weighted by Crippen LogP contribution is -2.46. The lowest BCUT2D eigenvalue weighted by atomic mass is 9.77. The van der Waals surface area contributed by atoms with E-state index in [1.165, 1.54) is 23.9 Å². The second-order valence-corrected chi connectivity index (χ2v) is 7.66. The van der Waals surface area contributed by atoms with Crippen molar-refractivity contribution in [1.82, 2.24) is 4.90 Å². The fraction of sp³-hybridized carbons (Fsp3) is 0.471. The Bertz CT molecular complexity index is 725. The predicted molar refractivity (Wildman–Crippen MR) is 85.7 cm³/mol. The predicted octanol–water partition coefficient (Wildman–Crippen LogP) is 4.38. The van der Waals surface area contributed by atoms with E-state index in [1.807, 2.05) is 6.92 Å². The molecule has 3 nitrogen and oxygen atoms in total. The normalized spacial score (nSPS) is 19.9. The summed E-state index contributed by atoms with van der Waals surface area (Å²) in [4.78, 5) is 15.7. The minimum atomic E-state index is -4.72. The average molecular weight is 357 g/mol. The Balaban J connectivity index is 1.97. The standard InChI is InChI=1S/C17H18F3NO2S/c1-4-21-9-16(2,3)12-7-10-5-6-11(23-17(18,19)20)8-13(10)24-14(12)15(21)22/h5-6,8H,4,7,9H2,1-3H3. The van der Waals surface area contributed by atoms with Crippen LogP contribution in [0.1, 0.15) is 26.3 Å². The molecule has 1 aromatic carbocycles. The first-order chi connectivity index (χ1) is 11.1. The molecule has 7 heteroatoms. The van der Waals surface area contributed by atoms with Crippen LogP contribution in [0.25, 0.3) is 0 Å². The molecule has 0 N–H and O–H groups in total. The zero-order valence-electron chi connectivity index (χ0n) is 13.7. The molecule has 0 atom stereocenters. The van der Waals surface area contributed by atoms with Crippen LogP contribution in [0.15, 0.2) is 33.6 Å². The van der Waals surface area contributed by atoms with Crippen molar-refractivity contribution in [2.24, 2.45) is 5.41 Å². The van der Waals surface area contributed by atoms with Crippen molar-refractivity contribution >= 4 is 17.7 Å². The molecule has 1 aromatic rings. The maximum absolute atomic E-state index is 12.6. The van der Waals surface area contributed by atoms with Crippen LogP contribution in [0.3, 0.4) is 0 Å². The summed E-state index contributed by atoms with van der Waals surface area (Å²) in [7, 11) is 0. The largest absolute Gasteiger partial charge is 0.573 e. The van der Waals surface area contributed by atoms with Gasteiger partial charge in [0, 0.05) is 23.4 Å². The summed E-state index contributed by atoms with van der Waals surface area (Å²) in [5, 5.41) is 0. The van der Waals surface area contributed by atoms with Gasteiger partial charge in [0.2, 0.25) is 0 Å². The monoisotopic (exact) mass is 357 g/mol. The first kappa shape index (κ1) is 17.2. The van der Waals surface area contributed by atoms with E-state index in [1.54, 1.807) is 11.0 Å². The Morgan fingerprint density at radius 1 is 1.33 bits per heavy atom. The smallest absolute Gasteiger partial charge is 0.406 e. The van der Waals surface area contributed by atoms with E-state index >= 15 is 0 Å². The van der Waals surface area contributed by atoms with Crippen LogP contribution in [-0.4, -0.2) is 30.3 Å². The first-order valence-corrected chi connectivity index (χ1v) is 8.52. The second kappa shape index (κ2) is 5.72. The summed E-state index contributed by atoms with van der Waals surface area (Å²) < 4.78 is 41.2. The van der Waals surface area contributed by atoms with Crippen molar-refractivity contribution in [3.05, 3.63) is 34.2 Å². The van der Waals surface area contributed by atoms with Crippen LogP contribution in [0.5, 0.6) is 5.75 Å². The van der Waals surface area contributed by atoms with Crippen LogP contribution >= 0.6 is 11.8 Å². The van der Waals surface area contributed by atoms with E-state index in [-0.39, 0.29) is 17.1 Å². The van der Waals surface area contributed by atoms with E-state index in [2.05, 4.69) is 18.6 Å². The van der Waals surface area contributed by atoms with Gasteiger partial charge in [-0.1, -0.05) is 31.7 Å². The zero-order valence-corrected chi connectivity index (χ0v) is 14.5. The molecule has 0 radical (unpaired) electrons. The van der Waals surface area contributed by atoms with Gasteiger partial charge in [-0.25, -0.2) is 0 Å². The molecule has 0 aromatic heterocycles. The van der Waals surface area contributed by atoms with Crippen molar-refractivity contribution in [2.45, 2.75) is 38.4 Å². The van der Waals surface area contributed by atoms with Gasteiger partial charge in [-0.05, 0) is 36.6 Å². The molecule has 0 bridgehead atoms. The van der Waals surface area contributed by atoms with Crippen LogP contribution in [0, 0.1) is 5.41 Å². The zero-order chi connectivity index (χ0) is 17.7. The maximum Gasteiger partial charge on any atom is 0.573 e. The number of likely N-dealkylation sites (N-methyl/N-ethyl adjacent to an activating group) is 1. The van der Waals surface area contributed by atoms with Crippen molar-refractivity contribution < 1.29 is 22.7 Å². The number of hydrogen-bond acceptors (Lipinski definition) is 3. The van der Waals surface area contributed by atoms with E-state index in [4.69, 9.17) is 0 Å². The van der Waals surface area contributed by atoms with Gasteiger partial charge in [-0.2, -0.15) is 0 Å². The lowest BCUT2D eigenvalue weighted by molar-refractivity contribution is -0.274. The van der Waals surface area contributed by atoms with Gasteiger partial charge < -0.3 is 9.64 Å². The van der Waals surface area contributed by atoms with Gasteiger partial charge in [0.05, 0.1) is 4.91 Å². The minimum absolute atomic E-state index is 0.0374. The van der Waals surface area contributed by atoms with Crippen LogP contribution in [-0.2, 0) is 11.2 Å². The summed E-state index contributed by atoms with van der Waals surface area (Å²) in [5.41, 5.74) is 1.85. The van der Waals surface area contributed by atoms with Gasteiger partial charge in [-0.3, -0.25) is 4.79 Å². The molecule has 0 saturated carbocycles. The van der Waals surface area contributed by atoms with Crippen molar-refractivity contribution in [2.75, 3.05) is 13.1 Å². The first-order valence-electron chi connectivity index (χ1n) is 7.70. The Hall–Kier alpha value is -1.63. The van der Waals surface area contributed by atoms with Gasteiger partial charge in [-0.15, -0.1) is 13.2 Å². The third kappa shape index (κ3) is 3.14. The molecule has 24 heavy (non-hydrogen) atoms. The lowest BCUT2D eigenvalue weighted by Gasteiger charge is -2.42. The molecule has 0 spiro atoms. The number of rotatable bonds is 2. The highest BCUT2D eigenvalue weighted by Crippen LogP contribution is 2.49. The molecule has 0 fully saturated rings. The number of nitrogens with zero attached hydrogens (tertiary/aromatic N) is 1. The van der Waals surface area contributed by atoms with Gasteiger partial charge in [0.25, 0.3) is 5.91 Å². The molecule has 0 unspecified atom stereocenters. The molecule has 1 amide bonds. The number of carbonyl (C=O) groups is 1. The Morgan fingerprint density at radius 2 is 2.04 bits per heavy atom. The highest BCUT2D eigenvalue weighted by atomic mass is 32.2. The van der Waals surface area contributed by atoms with E-state index in [9.17, 15) is 18.0 Å². The topological polar surface area (TPSA) is 29.5 Å². The quantitative estimate of drug-likeness (QED) is 0.787. The summed E-state index contributed by atoms with van der Waals surface area (Å²) in [6.07, 6.45) is -4.14. The Morgan fingerprint density at radius 3 is 2.67 bits per heavy atom. The molecule has 2 aliphatic heterocycles. The fourth-order valence-electron chi connectivity index (χ4n) is 3.18. The molecular formula is C17H18F3NO2S. The van der Waals surface area contributed by atoms with Crippen molar-refractivity contribution in [3.8, 4) is 5.75 Å². The molecule has 2 heterocycles. The third-order valence-corrected chi connectivity index (χ3v) is 5.62. The van der Waals surface area contributed by atoms with E-state index in [0.717, 1.165) is 11.1 Å². The second-order valence-electron chi connectivity index (χ2n) is 6.61. The van der Waals surface area contributed by atoms with Crippen molar-refractivity contribution in [3.63, 3.8) is 0 Å². The molecular weight excluding hydrogens is 339 g/mol. The number of halogens is 3. The van der Waals surface area contributed by atoms with Crippen LogP contribution in [0.2, 0.25) is 0 Å². The average Bonchev–Trinajstić information content (AvgIpc) is 2.48. The Labute approximate surface area is 142 Å². The summed E-state index contributed by atoms with van der Waals surface area (Å²) in [6.45, 7) is 7.40. The van der Waals surface area contributed by atoms with E-state index < -0.39 is 6.36 Å². The number of hydrogen-bond donors (Lipinski definition) is 0. The summed E-state index contributed by atoms with van der Waals surface area (Å²) in [5.74, 6) is -0.294. The Kier molecular flexibility index (Phi) is 4.10. The number of amides is 1. The number of alkyl halides is 3. The number of ether oxygens (including phenoxy) is 1. The molecule has 2 aliphatic rings.